The number of hydrogen-bond donors (Lipinski definition) is 0. The van der Waals surface area contributed by atoms with Crippen LogP contribution in [0.25, 0.3) is 0 Å². The van der Waals surface area contributed by atoms with Crippen LogP contribution in [0.1, 0.15) is 38.4 Å². The average molecular weight is 295 g/mol. The van der Waals surface area contributed by atoms with E-state index in [1.54, 1.807) is 35.9 Å². The number of benzene rings is 1. The molecule has 1 aliphatic rings. The summed E-state index contributed by atoms with van der Waals surface area (Å²) in [7, 11) is 1.73. The normalized spacial score (nSPS) is 22.5. The largest absolute Gasteiger partial charge is 0.319 e. The van der Waals surface area contributed by atoms with E-state index in [1.165, 1.54) is 0 Å². The van der Waals surface area contributed by atoms with Gasteiger partial charge in [-0.2, -0.15) is 0 Å². The van der Waals surface area contributed by atoms with E-state index in [0.717, 1.165) is 12.0 Å². The SMILES string of the molecule is CCCC(=O)N1C(C)C(=O)N(C)C1c1ccc(Cl)cc1. The van der Waals surface area contributed by atoms with Gasteiger partial charge in [-0.3, -0.25) is 9.59 Å². The Bertz CT molecular complexity index is 515. The zero-order chi connectivity index (χ0) is 14.9. The maximum atomic E-state index is 12.3. The molecule has 0 aliphatic carbocycles. The van der Waals surface area contributed by atoms with E-state index < -0.39 is 6.04 Å². The molecule has 1 aromatic carbocycles. The van der Waals surface area contributed by atoms with E-state index in [9.17, 15) is 9.59 Å². The predicted molar refractivity (Wildman–Crippen MR) is 78.2 cm³/mol. The van der Waals surface area contributed by atoms with Gasteiger partial charge in [0.15, 0.2) is 0 Å². The van der Waals surface area contributed by atoms with Crippen molar-refractivity contribution in [1.82, 2.24) is 9.80 Å². The molecule has 1 saturated heterocycles. The molecule has 2 amide bonds. The molecule has 0 saturated carbocycles. The Labute approximate surface area is 124 Å². The van der Waals surface area contributed by atoms with Crippen molar-refractivity contribution in [3.63, 3.8) is 0 Å². The zero-order valence-electron chi connectivity index (χ0n) is 12.0. The first-order valence-electron chi connectivity index (χ1n) is 6.80. The summed E-state index contributed by atoms with van der Waals surface area (Å²) in [5, 5.41) is 0.639. The van der Waals surface area contributed by atoms with E-state index >= 15 is 0 Å². The Morgan fingerprint density at radius 2 is 1.90 bits per heavy atom. The maximum Gasteiger partial charge on any atom is 0.246 e. The number of nitrogens with zero attached hydrogens (tertiary/aromatic N) is 2. The van der Waals surface area contributed by atoms with Gasteiger partial charge in [0.2, 0.25) is 11.8 Å². The second kappa shape index (κ2) is 5.83. The second-order valence-corrected chi connectivity index (χ2v) is 5.54. The minimum Gasteiger partial charge on any atom is -0.319 e. The van der Waals surface area contributed by atoms with Gasteiger partial charge in [0.05, 0.1) is 0 Å². The summed E-state index contributed by atoms with van der Waals surface area (Å²) >= 11 is 5.90. The molecule has 108 valence electrons. The van der Waals surface area contributed by atoms with Crippen LogP contribution >= 0.6 is 11.6 Å². The maximum absolute atomic E-state index is 12.3. The molecule has 0 aromatic heterocycles. The number of carbonyl (C=O) groups excluding carboxylic acids is 2. The number of carbonyl (C=O) groups is 2. The molecule has 2 atom stereocenters. The molecule has 1 heterocycles. The molecule has 0 N–H and O–H groups in total. The molecule has 1 fully saturated rings. The molecular formula is C15H19ClN2O2. The Morgan fingerprint density at radius 3 is 2.45 bits per heavy atom. The minimum absolute atomic E-state index is 0.0117. The van der Waals surface area contributed by atoms with Gasteiger partial charge in [-0.1, -0.05) is 30.7 Å². The van der Waals surface area contributed by atoms with Crippen LogP contribution in [-0.4, -0.2) is 34.7 Å². The first kappa shape index (κ1) is 14.9. The first-order chi connectivity index (χ1) is 9.47. The number of rotatable bonds is 3. The van der Waals surface area contributed by atoms with Gasteiger partial charge < -0.3 is 9.80 Å². The van der Waals surface area contributed by atoms with E-state index in [1.807, 2.05) is 19.1 Å². The number of halogens is 1. The van der Waals surface area contributed by atoms with Gasteiger partial charge in [0.25, 0.3) is 0 Å². The fourth-order valence-corrected chi connectivity index (χ4v) is 2.77. The molecular weight excluding hydrogens is 276 g/mol. The Morgan fingerprint density at radius 1 is 1.30 bits per heavy atom. The van der Waals surface area contributed by atoms with E-state index in [0.29, 0.717) is 11.4 Å². The summed E-state index contributed by atoms with van der Waals surface area (Å²) in [5.74, 6) is -0.0212. The first-order valence-corrected chi connectivity index (χ1v) is 7.18. The van der Waals surface area contributed by atoms with Crippen molar-refractivity contribution in [3.05, 3.63) is 34.9 Å². The van der Waals surface area contributed by atoms with Gasteiger partial charge in [0, 0.05) is 18.5 Å². The minimum atomic E-state index is -0.417. The Hall–Kier alpha value is -1.55. The van der Waals surface area contributed by atoms with Crippen LogP contribution < -0.4 is 0 Å². The lowest BCUT2D eigenvalue weighted by Crippen LogP contribution is -2.37. The lowest BCUT2D eigenvalue weighted by atomic mass is 10.1. The van der Waals surface area contributed by atoms with Crippen LogP contribution in [0.5, 0.6) is 0 Å². The quantitative estimate of drug-likeness (QED) is 0.860. The van der Waals surface area contributed by atoms with Gasteiger partial charge in [-0.15, -0.1) is 0 Å². The summed E-state index contributed by atoms with van der Waals surface area (Å²) < 4.78 is 0. The topological polar surface area (TPSA) is 40.6 Å². The smallest absolute Gasteiger partial charge is 0.246 e. The number of likely N-dealkylation sites (N-methyl/N-ethyl adjacent to an activating group) is 1. The van der Waals surface area contributed by atoms with Crippen molar-refractivity contribution in [3.8, 4) is 0 Å². The fraction of sp³-hybridized carbons (Fsp3) is 0.467. The lowest BCUT2D eigenvalue weighted by Gasteiger charge is -2.29. The third-order valence-electron chi connectivity index (χ3n) is 3.67. The molecule has 4 nitrogen and oxygen atoms in total. The summed E-state index contributed by atoms with van der Waals surface area (Å²) in [6, 6.07) is 6.86. The highest BCUT2D eigenvalue weighted by Crippen LogP contribution is 2.34. The highest BCUT2D eigenvalue weighted by molar-refractivity contribution is 6.30. The van der Waals surface area contributed by atoms with Crippen LogP contribution in [0.2, 0.25) is 5.02 Å². The highest BCUT2D eigenvalue weighted by Gasteiger charge is 2.44. The lowest BCUT2D eigenvalue weighted by molar-refractivity contribution is -0.136. The summed E-state index contributed by atoms with van der Waals surface area (Å²) in [6.45, 7) is 3.74. The standard InChI is InChI=1S/C15H19ClN2O2/c1-4-5-13(19)18-10(2)15(20)17(3)14(18)11-6-8-12(16)9-7-11/h6-10,14H,4-5H2,1-3H3. The van der Waals surface area contributed by atoms with Crippen molar-refractivity contribution in [2.45, 2.75) is 38.9 Å². The summed E-state index contributed by atoms with van der Waals surface area (Å²) in [4.78, 5) is 27.8. The van der Waals surface area contributed by atoms with Crippen molar-refractivity contribution < 1.29 is 9.59 Å². The molecule has 2 rings (SSSR count). The van der Waals surface area contributed by atoms with Crippen LogP contribution in [0.4, 0.5) is 0 Å². The van der Waals surface area contributed by atoms with Gasteiger partial charge >= 0.3 is 0 Å². The molecule has 20 heavy (non-hydrogen) atoms. The summed E-state index contributed by atoms with van der Waals surface area (Å²) in [6.07, 6.45) is 0.886. The van der Waals surface area contributed by atoms with Gasteiger partial charge in [-0.05, 0) is 31.0 Å². The average Bonchev–Trinajstić information content (AvgIpc) is 2.64. The number of hydrogen-bond acceptors (Lipinski definition) is 2. The number of amides is 2. The predicted octanol–water partition coefficient (Wildman–Crippen LogP) is 2.83. The molecule has 0 spiro atoms. The summed E-state index contributed by atoms with van der Waals surface area (Å²) in [5.41, 5.74) is 0.902. The van der Waals surface area contributed by atoms with Crippen LogP contribution in [-0.2, 0) is 9.59 Å². The van der Waals surface area contributed by atoms with E-state index in [-0.39, 0.29) is 18.0 Å². The third kappa shape index (κ3) is 2.52. The Kier molecular flexibility index (Phi) is 4.33. The molecule has 0 bridgehead atoms. The van der Waals surface area contributed by atoms with Crippen molar-refractivity contribution in [2.24, 2.45) is 0 Å². The molecule has 1 aromatic rings. The van der Waals surface area contributed by atoms with Gasteiger partial charge in [-0.25, -0.2) is 0 Å². The third-order valence-corrected chi connectivity index (χ3v) is 3.92. The monoisotopic (exact) mass is 294 g/mol. The fourth-order valence-electron chi connectivity index (χ4n) is 2.65. The van der Waals surface area contributed by atoms with Crippen LogP contribution in [0, 0.1) is 0 Å². The van der Waals surface area contributed by atoms with Crippen LogP contribution in [0.3, 0.4) is 0 Å². The second-order valence-electron chi connectivity index (χ2n) is 5.10. The zero-order valence-corrected chi connectivity index (χ0v) is 12.7. The highest BCUT2D eigenvalue weighted by atomic mass is 35.5. The van der Waals surface area contributed by atoms with Crippen LogP contribution in [0.15, 0.2) is 24.3 Å². The molecule has 2 unspecified atom stereocenters. The van der Waals surface area contributed by atoms with Crippen molar-refractivity contribution >= 4 is 23.4 Å². The molecule has 1 aliphatic heterocycles. The van der Waals surface area contributed by atoms with Crippen molar-refractivity contribution in [2.75, 3.05) is 7.05 Å². The molecule has 0 radical (unpaired) electrons. The van der Waals surface area contributed by atoms with Crippen molar-refractivity contribution in [1.29, 1.82) is 0 Å². The van der Waals surface area contributed by atoms with E-state index in [2.05, 4.69) is 0 Å². The Balaban J connectivity index is 2.38. The molecule has 5 heteroatoms. The van der Waals surface area contributed by atoms with Gasteiger partial charge in [0.1, 0.15) is 12.2 Å². The van der Waals surface area contributed by atoms with E-state index in [4.69, 9.17) is 11.6 Å².